The van der Waals surface area contributed by atoms with Crippen molar-refractivity contribution in [3.8, 4) is 16.9 Å². The van der Waals surface area contributed by atoms with Crippen LogP contribution >= 0.6 is 0 Å². The van der Waals surface area contributed by atoms with E-state index in [1.165, 1.54) is 30.2 Å². The summed E-state index contributed by atoms with van der Waals surface area (Å²) < 4.78 is 81.0. The minimum Gasteiger partial charge on any atom is -0.508 e. The lowest BCUT2D eigenvalue weighted by molar-refractivity contribution is -0.600. The molecular weight excluding hydrogens is 835 g/mol. The van der Waals surface area contributed by atoms with Gasteiger partial charge in [-0.3, -0.25) is 4.99 Å². The number of amides is 1. The molecule has 2 aromatic carbocycles. The van der Waals surface area contributed by atoms with Gasteiger partial charge in [0.2, 0.25) is 6.04 Å². The zero-order chi connectivity index (χ0) is 46.5. The minimum atomic E-state index is -4.71. The number of halogens is 4. The number of ether oxygens (including phenoxy) is 3. The number of hydrazone groups is 1. The summed E-state index contributed by atoms with van der Waals surface area (Å²) in [7, 11) is 3.52. The van der Waals surface area contributed by atoms with E-state index in [4.69, 9.17) is 19.2 Å². The largest absolute Gasteiger partial charge is 0.508 e. The molecule has 1 amide bonds. The number of nitrogens with zero attached hydrogens (tertiary/aromatic N) is 6. The molecule has 64 heavy (non-hydrogen) atoms. The number of hydrogen-bond donors (Lipinski definition) is 2. The smallest absolute Gasteiger partial charge is 0.508 e. The molecule has 1 aromatic heterocycles. The number of fused-ring (bicyclic) bond motifs is 7. The number of phenols is 1. The monoisotopic (exact) mass is 894 g/mol. The van der Waals surface area contributed by atoms with Crippen LogP contribution in [0.15, 0.2) is 53.3 Å². The second kappa shape index (κ2) is 17.9. The van der Waals surface area contributed by atoms with Crippen molar-refractivity contribution in [2.24, 2.45) is 10.4 Å². The third-order valence-electron chi connectivity index (χ3n) is 12.1. The molecule has 17 heteroatoms. The molecule has 3 saturated heterocycles. The summed E-state index contributed by atoms with van der Waals surface area (Å²) in [4.78, 5) is 37.9. The molecule has 5 heterocycles. The van der Waals surface area contributed by atoms with Crippen LogP contribution in [0, 0.1) is 11.2 Å². The summed E-state index contributed by atoms with van der Waals surface area (Å²) in [5, 5.41) is 11.4. The zero-order valence-corrected chi connectivity index (χ0v) is 37.9. The van der Waals surface area contributed by atoms with Crippen LogP contribution in [0.5, 0.6) is 5.75 Å². The number of nitrogens with one attached hydrogen (secondary N) is 1. The molecule has 0 unspecified atom stereocenters. The van der Waals surface area contributed by atoms with Crippen molar-refractivity contribution in [2.75, 3.05) is 53.5 Å². The number of benzene rings is 2. The number of piperazine rings is 1. The Kier molecular flexibility index (Phi) is 13.0. The van der Waals surface area contributed by atoms with Crippen molar-refractivity contribution < 1.29 is 51.2 Å². The van der Waals surface area contributed by atoms with Crippen molar-refractivity contribution in [1.82, 2.24) is 24.7 Å². The number of cyclic esters (lactones) is 1. The molecule has 3 aromatic rings. The van der Waals surface area contributed by atoms with Crippen molar-refractivity contribution in [2.45, 2.75) is 104 Å². The Hall–Kier alpha value is -5.42. The molecule has 6 bridgehead atoms. The van der Waals surface area contributed by atoms with Gasteiger partial charge >= 0.3 is 24.1 Å². The van der Waals surface area contributed by atoms with E-state index in [2.05, 4.69) is 21.8 Å². The number of hydrogen-bond acceptors (Lipinski definition) is 10. The molecule has 3 fully saturated rings. The highest BCUT2D eigenvalue weighted by Crippen LogP contribution is 2.41. The fourth-order valence-electron chi connectivity index (χ4n) is 8.66. The van der Waals surface area contributed by atoms with E-state index in [1.807, 2.05) is 20.9 Å². The maximum atomic E-state index is 16.7. The maximum Gasteiger partial charge on any atom is 0.508 e. The van der Waals surface area contributed by atoms with E-state index in [-0.39, 0.29) is 42.0 Å². The number of aromatic hydroxyl groups is 1. The zero-order valence-electron chi connectivity index (χ0n) is 37.9. The van der Waals surface area contributed by atoms with Crippen molar-refractivity contribution in [3.63, 3.8) is 0 Å². The van der Waals surface area contributed by atoms with Crippen LogP contribution in [0.3, 0.4) is 0 Å². The molecule has 2 N–H and O–H groups in total. The fraction of sp³-hybridized carbons (Fsp3) is 0.532. The Morgan fingerprint density at radius 1 is 1.14 bits per heavy atom. The molecule has 3 atom stereocenters. The number of alkyl halides is 3. The highest BCUT2D eigenvalue weighted by Gasteiger charge is 2.62. The van der Waals surface area contributed by atoms with Gasteiger partial charge < -0.3 is 33.7 Å². The fourth-order valence-corrected chi connectivity index (χ4v) is 8.66. The van der Waals surface area contributed by atoms with Gasteiger partial charge in [-0.15, -0.1) is 4.90 Å². The van der Waals surface area contributed by atoms with Gasteiger partial charge in [0.05, 0.1) is 23.9 Å². The SMILES string of the molecule is C=C(C=N/C(=C/c1c2c3cc(c(F)cc3n1CC(F)(F)F)-c1cc(O)cc(c1)C[C@H]1C(=[N+]3CCC[C@H](N3)C(=O)OCC(C)(C)C2)N1C(=O)OC(C)(C)C)[C@H](C)OC)N1CCN(C)CC1. The predicted molar refractivity (Wildman–Crippen MR) is 237 cm³/mol. The second-order valence-corrected chi connectivity index (χ2v) is 19.1. The second-order valence-electron chi connectivity index (χ2n) is 19.1. The first kappa shape index (κ1) is 46.6. The number of phenolic OH excluding ortho intramolecular Hbond substituents is 1. The van der Waals surface area contributed by atoms with E-state index in [0.717, 1.165) is 36.8 Å². The molecule has 0 radical (unpaired) electrons. The Bertz CT molecular complexity index is 2410. The number of carbonyl (C=O) groups excluding carboxylic acids is 2. The van der Waals surface area contributed by atoms with Crippen molar-refractivity contribution >= 4 is 41.1 Å². The number of rotatable bonds is 7. The van der Waals surface area contributed by atoms with Crippen LogP contribution in [-0.4, -0.2) is 137 Å². The third kappa shape index (κ3) is 10.6. The number of carbonyl (C=O) groups is 2. The van der Waals surface area contributed by atoms with E-state index in [9.17, 15) is 27.9 Å². The quantitative estimate of drug-likeness (QED) is 0.0828. The van der Waals surface area contributed by atoms with Gasteiger partial charge in [-0.05, 0) is 101 Å². The van der Waals surface area contributed by atoms with Crippen LogP contribution in [-0.2, 0) is 38.4 Å². The average molecular weight is 895 g/mol. The van der Waals surface area contributed by atoms with E-state index < -0.39 is 59.8 Å². The number of aromatic nitrogens is 1. The third-order valence-corrected chi connectivity index (χ3v) is 12.1. The van der Waals surface area contributed by atoms with Crippen molar-refractivity contribution in [1.29, 1.82) is 0 Å². The summed E-state index contributed by atoms with van der Waals surface area (Å²) in [5.41, 5.74) is 4.03. The van der Waals surface area contributed by atoms with Crippen LogP contribution in [0.1, 0.15) is 71.2 Å². The summed E-state index contributed by atoms with van der Waals surface area (Å²) in [5.74, 6) is -0.912. The number of likely N-dealkylation sites (N-methyl/N-ethyl adjacent to an activating group) is 1. The van der Waals surface area contributed by atoms with Gasteiger partial charge in [-0.1, -0.05) is 26.5 Å². The molecule has 4 aliphatic heterocycles. The molecule has 13 nitrogen and oxygen atoms in total. The maximum absolute atomic E-state index is 16.7. The molecule has 7 rings (SSSR count). The number of esters is 1. The summed E-state index contributed by atoms with van der Waals surface area (Å²) in [6.07, 6.45) is -1.45. The number of methoxy groups -OCH3 is 1. The first-order valence-electron chi connectivity index (χ1n) is 21.8. The van der Waals surface area contributed by atoms with Gasteiger partial charge in [0.1, 0.15) is 30.3 Å². The number of amidine groups is 1. The molecule has 0 saturated carbocycles. The van der Waals surface area contributed by atoms with Gasteiger partial charge in [-0.2, -0.15) is 22.7 Å². The summed E-state index contributed by atoms with van der Waals surface area (Å²) >= 11 is 0. The topological polar surface area (TPSA) is 124 Å². The van der Waals surface area contributed by atoms with Gasteiger partial charge in [0, 0.05) is 73.7 Å². The summed E-state index contributed by atoms with van der Waals surface area (Å²) in [6, 6.07) is 5.98. The van der Waals surface area contributed by atoms with Crippen LogP contribution in [0.4, 0.5) is 22.4 Å². The van der Waals surface area contributed by atoms with Crippen LogP contribution < -0.4 is 5.43 Å². The molecule has 4 aliphatic rings. The molecule has 0 aliphatic carbocycles. The summed E-state index contributed by atoms with van der Waals surface area (Å²) in [6.45, 7) is 17.0. The van der Waals surface area contributed by atoms with E-state index in [0.29, 0.717) is 58.7 Å². The average Bonchev–Trinajstić information content (AvgIpc) is 3.87. The standard InChI is InChI=1S/C47H59F4N7O6/c1-28(55-15-13-54(8)14-16-55)25-52-38(29(2)62-9)23-40-35-24-46(6,7)27-63-43(60)37-11-10-12-57(53-37)42-41(58(42)44(61)64-45(3,4)5)19-30-17-31(20-32(59)18-30)33-21-34(35)39(22-36(33)48)56(40)26-47(49,50)51/h17-18,20-23,25,29,37,41,53H,1,10-16,19,24,26-27H2,2-9H3/p+1/b38-23+,52-25?/t29-,37-,41-/m0/s1. The Morgan fingerprint density at radius 2 is 1.86 bits per heavy atom. The lowest BCUT2D eigenvalue weighted by atomic mass is 9.85. The van der Waals surface area contributed by atoms with Crippen LogP contribution in [0.2, 0.25) is 0 Å². The minimum absolute atomic E-state index is 0.00522. The van der Waals surface area contributed by atoms with Gasteiger partial charge in [0.15, 0.2) is 6.04 Å². The number of hydrazine groups is 1. The first-order valence-corrected chi connectivity index (χ1v) is 21.8. The highest BCUT2D eigenvalue weighted by molar-refractivity contribution is 6.10. The lowest BCUT2D eigenvalue weighted by Crippen LogP contribution is -2.50. The Labute approximate surface area is 371 Å². The Balaban J connectivity index is 1.41. The van der Waals surface area contributed by atoms with Crippen molar-refractivity contribution in [3.05, 3.63) is 70.9 Å². The molecular formula is C47H60F4N7O6+. The predicted octanol–water partition coefficient (Wildman–Crippen LogP) is 7.29. The van der Waals surface area contributed by atoms with E-state index in [1.54, 1.807) is 50.7 Å². The normalized spacial score (nSPS) is 21.6. The Morgan fingerprint density at radius 3 is 2.53 bits per heavy atom. The van der Waals surface area contributed by atoms with Gasteiger partial charge in [-0.25, -0.2) is 14.6 Å². The molecule has 346 valence electrons. The number of allylic oxidation sites excluding steroid dienone is 1. The molecule has 0 spiro atoms. The lowest BCUT2D eigenvalue weighted by Gasteiger charge is -2.34. The van der Waals surface area contributed by atoms with Crippen LogP contribution in [0.25, 0.3) is 28.1 Å². The van der Waals surface area contributed by atoms with E-state index >= 15 is 4.39 Å². The first-order chi connectivity index (χ1) is 30.0. The van der Waals surface area contributed by atoms with Gasteiger partial charge in [0.25, 0.3) is 0 Å². The highest BCUT2D eigenvalue weighted by atomic mass is 19.4. The number of aliphatic imine (C=N–C) groups is 1.